The quantitative estimate of drug-likeness (QED) is 0.596. The monoisotopic (exact) mass is 523 g/mol. The van der Waals surface area contributed by atoms with Crippen LogP contribution in [0, 0.1) is 17.3 Å². The van der Waals surface area contributed by atoms with Gasteiger partial charge in [0.2, 0.25) is 5.91 Å². The van der Waals surface area contributed by atoms with Gasteiger partial charge in [0, 0.05) is 56.2 Å². The molecule has 4 aliphatic rings. The number of aliphatic hydroxyl groups is 1. The van der Waals surface area contributed by atoms with Gasteiger partial charge < -0.3 is 19.8 Å². The predicted molar refractivity (Wildman–Crippen MR) is 147 cm³/mol. The first kappa shape index (κ1) is 27.2. The molecule has 1 saturated heterocycles. The van der Waals surface area contributed by atoms with Gasteiger partial charge in [-0.1, -0.05) is 51.9 Å². The number of piperidine rings is 1. The number of carbonyl (C=O) groups excluding carboxylic acids is 3. The zero-order valence-electron chi connectivity index (χ0n) is 23.5. The van der Waals surface area contributed by atoms with E-state index in [1.807, 2.05) is 11.0 Å². The Labute approximate surface area is 227 Å². The van der Waals surface area contributed by atoms with Gasteiger partial charge in [-0.3, -0.25) is 14.4 Å². The number of β-amino-alcohol motifs (C(OH)–C–C–N with tert-alkyl or cyclic N) is 1. The normalized spacial score (nSPS) is 26.1. The van der Waals surface area contributed by atoms with E-state index in [-0.39, 0.29) is 35.6 Å². The summed E-state index contributed by atoms with van der Waals surface area (Å²) < 4.78 is 0. The number of rotatable bonds is 6. The summed E-state index contributed by atoms with van der Waals surface area (Å²) in [5.41, 5.74) is 0.646. The van der Waals surface area contributed by atoms with Crippen LogP contribution in [0.5, 0.6) is 0 Å². The minimum atomic E-state index is -1.02. The van der Waals surface area contributed by atoms with Crippen LogP contribution < -0.4 is 0 Å². The first-order valence-corrected chi connectivity index (χ1v) is 14.8. The molecular formula is C31H45N3O4. The van der Waals surface area contributed by atoms with Crippen LogP contribution in [0.3, 0.4) is 0 Å². The molecular weight excluding hydrogens is 478 g/mol. The number of benzene rings is 1. The Hall–Kier alpha value is -2.41. The van der Waals surface area contributed by atoms with Crippen LogP contribution in [-0.4, -0.2) is 76.9 Å². The molecule has 3 fully saturated rings. The molecule has 7 nitrogen and oxygen atoms in total. The Morgan fingerprint density at radius 3 is 2.47 bits per heavy atom. The van der Waals surface area contributed by atoms with Crippen LogP contribution in [0.15, 0.2) is 18.2 Å². The summed E-state index contributed by atoms with van der Waals surface area (Å²) >= 11 is 0. The lowest BCUT2D eigenvalue weighted by Gasteiger charge is -2.53. The van der Waals surface area contributed by atoms with Crippen LogP contribution >= 0.6 is 0 Å². The fraction of sp³-hybridized carbons (Fsp3) is 0.710. The number of amides is 3. The summed E-state index contributed by atoms with van der Waals surface area (Å²) in [6.45, 7) is 3.91. The van der Waals surface area contributed by atoms with Crippen LogP contribution in [0.2, 0.25) is 0 Å². The zero-order valence-corrected chi connectivity index (χ0v) is 23.5. The summed E-state index contributed by atoms with van der Waals surface area (Å²) in [6, 6.07) is 5.28. The summed E-state index contributed by atoms with van der Waals surface area (Å²) in [4.78, 5) is 44.7. The molecule has 38 heavy (non-hydrogen) atoms. The van der Waals surface area contributed by atoms with Gasteiger partial charge in [-0.25, -0.2) is 0 Å². The maximum absolute atomic E-state index is 13.6. The molecule has 1 spiro atoms. The molecule has 1 N–H and O–H groups in total. The van der Waals surface area contributed by atoms with Crippen molar-refractivity contribution in [2.24, 2.45) is 17.3 Å². The lowest BCUT2D eigenvalue weighted by Crippen LogP contribution is -2.64. The third-order valence-electron chi connectivity index (χ3n) is 10.1. The second-order valence-electron chi connectivity index (χ2n) is 12.9. The van der Waals surface area contributed by atoms with Gasteiger partial charge >= 0.3 is 0 Å². The molecule has 0 radical (unpaired) electrons. The first-order chi connectivity index (χ1) is 18.1. The summed E-state index contributed by atoms with van der Waals surface area (Å²) in [5.74, 6) is 0.770. The Balaban J connectivity index is 1.28. The molecule has 1 aromatic carbocycles. The van der Waals surface area contributed by atoms with Crippen molar-refractivity contribution < 1.29 is 19.5 Å². The Morgan fingerprint density at radius 1 is 1.08 bits per heavy atom. The van der Waals surface area contributed by atoms with Crippen molar-refractivity contribution in [3.8, 4) is 0 Å². The molecule has 2 aliphatic carbocycles. The molecule has 3 amide bonds. The van der Waals surface area contributed by atoms with E-state index >= 15 is 0 Å². The molecule has 5 rings (SSSR count). The lowest BCUT2D eigenvalue weighted by atomic mass is 9.65. The maximum Gasteiger partial charge on any atom is 0.254 e. The molecule has 2 aliphatic heterocycles. The van der Waals surface area contributed by atoms with Gasteiger partial charge in [0.15, 0.2) is 0 Å². The third kappa shape index (κ3) is 4.99. The topological polar surface area (TPSA) is 81.2 Å². The largest absolute Gasteiger partial charge is 0.387 e. The van der Waals surface area contributed by atoms with E-state index in [4.69, 9.17) is 0 Å². The van der Waals surface area contributed by atoms with E-state index in [1.54, 1.807) is 31.1 Å². The third-order valence-corrected chi connectivity index (χ3v) is 10.1. The second kappa shape index (κ2) is 10.6. The molecule has 1 aromatic rings. The van der Waals surface area contributed by atoms with Crippen LogP contribution in [0.4, 0.5) is 0 Å². The standard InChI is InChI=1S/C31H45N3O4/c1-22(17-23-9-5-4-6-10-23)27(35)33-16-15-31(38,30(20-33)13-7-8-14-30)21-34-19-25-18-24(28(36)32(2)3)11-12-26(25)29(34)37/h11-12,18,22-23,38H,4-10,13-17,19-21H2,1-3H3/t22-,31-/m1/s1. The number of hydrogen-bond acceptors (Lipinski definition) is 4. The summed E-state index contributed by atoms with van der Waals surface area (Å²) in [5, 5.41) is 12.2. The van der Waals surface area contributed by atoms with Crippen molar-refractivity contribution >= 4 is 17.7 Å². The van der Waals surface area contributed by atoms with Crippen molar-refractivity contribution in [3.63, 3.8) is 0 Å². The van der Waals surface area contributed by atoms with Crippen molar-refractivity contribution in [2.75, 3.05) is 33.7 Å². The van der Waals surface area contributed by atoms with Gasteiger partial charge in [-0.2, -0.15) is 0 Å². The van der Waals surface area contributed by atoms with E-state index in [0.29, 0.717) is 43.1 Å². The number of fused-ring (bicyclic) bond motifs is 1. The molecule has 2 atom stereocenters. The van der Waals surface area contributed by atoms with E-state index in [9.17, 15) is 19.5 Å². The predicted octanol–water partition coefficient (Wildman–Crippen LogP) is 4.47. The van der Waals surface area contributed by atoms with Gasteiger partial charge in [0.1, 0.15) is 0 Å². The highest BCUT2D eigenvalue weighted by Crippen LogP contribution is 2.52. The molecule has 0 aromatic heterocycles. The second-order valence-corrected chi connectivity index (χ2v) is 12.9. The molecule has 2 saturated carbocycles. The highest BCUT2D eigenvalue weighted by atomic mass is 16.3. The Kier molecular flexibility index (Phi) is 7.60. The van der Waals surface area contributed by atoms with Crippen LogP contribution in [0.1, 0.15) is 104 Å². The summed E-state index contributed by atoms with van der Waals surface area (Å²) in [6.07, 6.45) is 11.8. The highest BCUT2D eigenvalue weighted by molar-refractivity contribution is 6.01. The number of carbonyl (C=O) groups is 3. The Bertz CT molecular complexity index is 1070. The molecule has 7 heteroatoms. The number of likely N-dealkylation sites (tertiary alicyclic amines) is 1. The van der Waals surface area contributed by atoms with E-state index in [1.165, 1.54) is 37.0 Å². The van der Waals surface area contributed by atoms with E-state index < -0.39 is 5.60 Å². The smallest absolute Gasteiger partial charge is 0.254 e. The van der Waals surface area contributed by atoms with Crippen molar-refractivity contribution in [1.29, 1.82) is 0 Å². The number of hydrogen-bond donors (Lipinski definition) is 1. The minimum absolute atomic E-state index is 0.0245. The van der Waals surface area contributed by atoms with Crippen molar-refractivity contribution in [3.05, 3.63) is 34.9 Å². The zero-order chi connectivity index (χ0) is 27.1. The SMILES string of the molecule is C[C@H](CC1CCCCC1)C(=O)N1CC[C@@](O)(CN2Cc3cc(C(=O)N(C)C)ccc3C2=O)C2(CCCC2)C1. The lowest BCUT2D eigenvalue weighted by molar-refractivity contribution is -0.163. The van der Waals surface area contributed by atoms with Gasteiger partial charge in [0.05, 0.1) is 12.1 Å². The summed E-state index contributed by atoms with van der Waals surface area (Å²) in [7, 11) is 3.44. The molecule has 0 bridgehead atoms. The van der Waals surface area contributed by atoms with E-state index in [2.05, 4.69) is 6.92 Å². The van der Waals surface area contributed by atoms with Gasteiger partial charge in [0.25, 0.3) is 11.8 Å². The first-order valence-electron chi connectivity index (χ1n) is 14.8. The van der Waals surface area contributed by atoms with Gasteiger partial charge in [-0.05, 0) is 55.4 Å². The molecule has 0 unspecified atom stereocenters. The fourth-order valence-electron chi connectivity index (χ4n) is 7.84. The maximum atomic E-state index is 13.6. The highest BCUT2D eigenvalue weighted by Gasteiger charge is 2.56. The minimum Gasteiger partial charge on any atom is -0.387 e. The number of nitrogens with zero attached hydrogens (tertiary/aromatic N) is 3. The van der Waals surface area contributed by atoms with Crippen LogP contribution in [0.25, 0.3) is 0 Å². The average molecular weight is 524 g/mol. The average Bonchev–Trinajstić information content (AvgIpc) is 3.50. The van der Waals surface area contributed by atoms with Crippen molar-refractivity contribution in [1.82, 2.24) is 14.7 Å². The van der Waals surface area contributed by atoms with Crippen LogP contribution in [-0.2, 0) is 11.3 Å². The Morgan fingerprint density at radius 2 is 1.79 bits per heavy atom. The fourth-order valence-corrected chi connectivity index (χ4v) is 7.84. The van der Waals surface area contributed by atoms with Crippen molar-refractivity contribution in [2.45, 2.75) is 89.7 Å². The molecule has 208 valence electrons. The van der Waals surface area contributed by atoms with E-state index in [0.717, 1.165) is 37.7 Å². The van der Waals surface area contributed by atoms with Gasteiger partial charge in [-0.15, -0.1) is 0 Å². The molecule has 2 heterocycles.